The van der Waals surface area contributed by atoms with Crippen molar-refractivity contribution in [2.24, 2.45) is 0 Å². The molecule has 0 fully saturated rings. The summed E-state index contributed by atoms with van der Waals surface area (Å²) in [5.41, 5.74) is 5.13. The number of carbonyl (C=O) groups is 1. The van der Waals surface area contributed by atoms with E-state index in [1.807, 2.05) is 19.1 Å². The number of hydrogen-bond acceptors (Lipinski definition) is 4. The van der Waals surface area contributed by atoms with Crippen LogP contribution in [-0.2, 0) is 9.53 Å². The average molecular weight is 414 g/mol. The molecular weight excluding hydrogens is 374 g/mol. The lowest BCUT2D eigenvalue weighted by Crippen LogP contribution is -2.09. The van der Waals surface area contributed by atoms with Crippen molar-refractivity contribution < 1.29 is 14.3 Å². The number of allylic oxidation sites excluding steroid dienone is 5. The summed E-state index contributed by atoms with van der Waals surface area (Å²) in [6, 6.07) is 2.15. The summed E-state index contributed by atoms with van der Waals surface area (Å²) >= 11 is 0. The molecule has 0 saturated carbocycles. The zero-order valence-corrected chi connectivity index (χ0v) is 20.0. The molecule has 0 spiro atoms. The van der Waals surface area contributed by atoms with Crippen molar-refractivity contribution >= 4 is 11.5 Å². The van der Waals surface area contributed by atoms with Crippen molar-refractivity contribution in [3.8, 4) is 5.75 Å². The van der Waals surface area contributed by atoms with E-state index in [4.69, 9.17) is 14.5 Å². The molecule has 0 bridgehead atoms. The van der Waals surface area contributed by atoms with Crippen LogP contribution in [0.1, 0.15) is 97.0 Å². The molecule has 0 aromatic carbocycles. The fourth-order valence-electron chi connectivity index (χ4n) is 2.88. The molecule has 1 aromatic heterocycles. The lowest BCUT2D eigenvalue weighted by molar-refractivity contribution is -0.137. The van der Waals surface area contributed by atoms with E-state index < -0.39 is 0 Å². The largest absolute Gasteiger partial charge is 0.491 e. The number of nitrogens with zero attached hydrogens (tertiary/aromatic N) is 1. The maximum absolute atomic E-state index is 11.6. The summed E-state index contributed by atoms with van der Waals surface area (Å²) in [4.78, 5) is 16.5. The third-order valence-corrected chi connectivity index (χ3v) is 4.66. The van der Waals surface area contributed by atoms with Crippen LogP contribution in [0.5, 0.6) is 5.75 Å². The monoisotopic (exact) mass is 413 g/mol. The minimum atomic E-state index is -0.316. The molecule has 1 heterocycles. The molecule has 0 radical (unpaired) electrons. The summed E-state index contributed by atoms with van der Waals surface area (Å²) in [6.07, 6.45) is 9.53. The van der Waals surface area contributed by atoms with Crippen LogP contribution in [0, 0.1) is 0 Å². The highest BCUT2D eigenvalue weighted by Gasteiger charge is 2.19. The number of ether oxygens (including phenoxy) is 2. The minimum absolute atomic E-state index is 0.275. The number of carbonyl (C=O) groups excluding carboxylic acids is 1. The van der Waals surface area contributed by atoms with Gasteiger partial charge in [0.15, 0.2) is 0 Å². The third kappa shape index (κ3) is 8.17. The van der Waals surface area contributed by atoms with Gasteiger partial charge in [-0.15, -0.1) is 0 Å². The van der Waals surface area contributed by atoms with E-state index in [2.05, 4.69) is 53.7 Å². The fraction of sp³-hybridized carbons (Fsp3) is 0.538. The molecule has 0 aliphatic rings. The quantitative estimate of drug-likeness (QED) is 0.170. The van der Waals surface area contributed by atoms with Gasteiger partial charge in [0, 0.05) is 17.3 Å². The lowest BCUT2D eigenvalue weighted by Gasteiger charge is -2.20. The van der Waals surface area contributed by atoms with Crippen molar-refractivity contribution in [2.45, 2.75) is 80.1 Å². The first kappa shape index (κ1) is 25.7. The van der Waals surface area contributed by atoms with E-state index in [0.29, 0.717) is 19.1 Å². The molecule has 1 aromatic rings. The molecule has 4 nitrogen and oxygen atoms in total. The fourth-order valence-corrected chi connectivity index (χ4v) is 2.88. The Bertz CT molecular complexity index is 786. The molecule has 1 rings (SSSR count). The van der Waals surface area contributed by atoms with Crippen LogP contribution in [0.25, 0.3) is 5.57 Å². The van der Waals surface area contributed by atoms with Gasteiger partial charge in [0.25, 0.3) is 0 Å². The van der Waals surface area contributed by atoms with Crippen LogP contribution >= 0.6 is 0 Å². The highest BCUT2D eigenvalue weighted by atomic mass is 16.5. The molecule has 0 unspecified atom stereocenters. The molecule has 0 saturated heterocycles. The summed E-state index contributed by atoms with van der Waals surface area (Å²) in [5.74, 6) is 1.19. The Morgan fingerprint density at radius 2 is 1.83 bits per heavy atom. The van der Waals surface area contributed by atoms with Crippen molar-refractivity contribution in [3.05, 3.63) is 52.9 Å². The first-order valence-corrected chi connectivity index (χ1v) is 11.1. The van der Waals surface area contributed by atoms with Gasteiger partial charge in [0.2, 0.25) is 0 Å². The summed E-state index contributed by atoms with van der Waals surface area (Å²) in [7, 11) is 0. The van der Waals surface area contributed by atoms with E-state index in [9.17, 15) is 4.79 Å². The number of pyridine rings is 1. The van der Waals surface area contributed by atoms with E-state index in [1.165, 1.54) is 6.08 Å². The van der Waals surface area contributed by atoms with Gasteiger partial charge >= 0.3 is 5.97 Å². The third-order valence-electron chi connectivity index (χ3n) is 4.66. The molecule has 0 atom stereocenters. The van der Waals surface area contributed by atoms with Crippen LogP contribution in [0.2, 0.25) is 0 Å². The van der Waals surface area contributed by atoms with Crippen molar-refractivity contribution in [3.63, 3.8) is 0 Å². The Kier molecular flexibility index (Phi) is 11.2. The maximum Gasteiger partial charge on any atom is 0.330 e. The van der Waals surface area contributed by atoms with Crippen molar-refractivity contribution in [1.29, 1.82) is 0 Å². The van der Waals surface area contributed by atoms with Crippen LogP contribution in [0.15, 0.2) is 35.9 Å². The number of hydrogen-bond donors (Lipinski definition) is 0. The SMILES string of the molecule is CCCCOc1c(/C(C)=C\C=C\C(C)=CC(=O)OCC)cc(C(C)C)nc1C(C)C. The molecule has 0 aliphatic carbocycles. The molecule has 0 aliphatic heterocycles. The molecular formula is C26H39NO3. The molecule has 30 heavy (non-hydrogen) atoms. The van der Waals surface area contributed by atoms with Gasteiger partial charge in [0.1, 0.15) is 5.75 Å². The smallest absolute Gasteiger partial charge is 0.330 e. The van der Waals surface area contributed by atoms with Crippen LogP contribution in [0.4, 0.5) is 0 Å². The minimum Gasteiger partial charge on any atom is -0.491 e. The second-order valence-electron chi connectivity index (χ2n) is 8.17. The predicted molar refractivity (Wildman–Crippen MR) is 126 cm³/mol. The Hall–Kier alpha value is -2.36. The number of esters is 1. The number of unbranched alkanes of at least 4 members (excludes halogenated alkanes) is 1. The Morgan fingerprint density at radius 3 is 2.40 bits per heavy atom. The summed E-state index contributed by atoms with van der Waals surface area (Å²) in [6.45, 7) is 17.6. The first-order valence-electron chi connectivity index (χ1n) is 11.1. The van der Waals surface area contributed by atoms with Gasteiger partial charge in [-0.25, -0.2) is 4.79 Å². The zero-order valence-electron chi connectivity index (χ0n) is 20.0. The average Bonchev–Trinajstić information content (AvgIpc) is 2.67. The van der Waals surface area contributed by atoms with Crippen LogP contribution < -0.4 is 4.74 Å². The zero-order chi connectivity index (χ0) is 22.7. The standard InChI is InChI=1S/C26H39NO3/c1-9-11-15-30-26-22(17-23(18(3)4)27-25(26)19(5)6)21(8)14-12-13-20(7)16-24(28)29-10-2/h12-14,16-19H,9-11,15H2,1-8H3/b13-12+,20-16?,21-14-. The number of aromatic nitrogens is 1. The van der Waals surface area contributed by atoms with Gasteiger partial charge in [-0.05, 0) is 56.2 Å². The highest BCUT2D eigenvalue weighted by Crippen LogP contribution is 2.35. The van der Waals surface area contributed by atoms with E-state index in [1.54, 1.807) is 6.92 Å². The Morgan fingerprint density at radius 1 is 1.13 bits per heavy atom. The molecule has 4 heteroatoms. The Balaban J connectivity index is 3.32. The van der Waals surface area contributed by atoms with Gasteiger partial charge in [-0.2, -0.15) is 0 Å². The molecule has 0 amide bonds. The van der Waals surface area contributed by atoms with E-state index in [-0.39, 0.29) is 11.9 Å². The maximum atomic E-state index is 11.6. The molecule has 0 N–H and O–H groups in total. The predicted octanol–water partition coefficient (Wildman–Crippen LogP) is 6.98. The van der Waals surface area contributed by atoms with Gasteiger partial charge < -0.3 is 9.47 Å². The topological polar surface area (TPSA) is 48.4 Å². The van der Waals surface area contributed by atoms with Crippen LogP contribution in [-0.4, -0.2) is 24.2 Å². The second kappa shape index (κ2) is 13.0. The number of rotatable bonds is 11. The van der Waals surface area contributed by atoms with E-state index in [0.717, 1.165) is 46.7 Å². The summed E-state index contributed by atoms with van der Waals surface area (Å²) < 4.78 is 11.2. The van der Waals surface area contributed by atoms with Crippen molar-refractivity contribution in [1.82, 2.24) is 4.98 Å². The second-order valence-corrected chi connectivity index (χ2v) is 8.17. The lowest BCUT2D eigenvalue weighted by atomic mass is 9.97. The first-order chi connectivity index (χ1) is 14.2. The van der Waals surface area contributed by atoms with Crippen molar-refractivity contribution in [2.75, 3.05) is 13.2 Å². The van der Waals surface area contributed by atoms with E-state index >= 15 is 0 Å². The van der Waals surface area contributed by atoms with Crippen LogP contribution in [0.3, 0.4) is 0 Å². The van der Waals surface area contributed by atoms with Gasteiger partial charge in [-0.1, -0.05) is 59.3 Å². The van der Waals surface area contributed by atoms with Gasteiger partial charge in [0.05, 0.1) is 18.9 Å². The summed E-state index contributed by atoms with van der Waals surface area (Å²) in [5, 5.41) is 0. The highest BCUT2D eigenvalue weighted by molar-refractivity contribution is 5.83. The Labute approximate surface area is 183 Å². The normalized spacial score (nSPS) is 12.9. The molecule has 166 valence electrons. The van der Waals surface area contributed by atoms with Gasteiger partial charge in [-0.3, -0.25) is 4.98 Å².